The number of nitrogens with zero attached hydrogens (tertiary/aromatic N) is 4. The number of likely N-dealkylation sites (tertiary alicyclic amines) is 1. The maximum Gasteiger partial charge on any atom is 0.253 e. The zero-order valence-electron chi connectivity index (χ0n) is 19.7. The van der Waals surface area contributed by atoms with Crippen LogP contribution in [0.25, 0.3) is 0 Å². The van der Waals surface area contributed by atoms with E-state index in [4.69, 9.17) is 11.5 Å². The first kappa shape index (κ1) is 26.5. The molecule has 1 fully saturated rings. The molecule has 5 N–H and O–H groups in total. The molecule has 1 aliphatic rings. The molecule has 0 saturated carbocycles. The van der Waals surface area contributed by atoms with Crippen LogP contribution in [0.5, 0.6) is 0 Å². The second kappa shape index (κ2) is 12.5. The number of carbonyl (C=O) groups is 1. The maximum atomic E-state index is 13.3. The molecule has 2 heterocycles. The Balaban J connectivity index is 2.19. The van der Waals surface area contributed by atoms with Crippen LogP contribution in [-0.4, -0.2) is 46.8 Å². The van der Waals surface area contributed by atoms with Crippen molar-refractivity contribution in [2.24, 2.45) is 16.5 Å². The number of hydrogen-bond donors (Lipinski definition) is 3. The molecule has 1 aromatic heterocycles. The number of nitrogens with two attached hydrogens (primary N) is 2. The van der Waals surface area contributed by atoms with Crippen LogP contribution < -0.4 is 16.8 Å². The van der Waals surface area contributed by atoms with Crippen molar-refractivity contribution in [2.75, 3.05) is 19.6 Å². The van der Waals surface area contributed by atoms with Gasteiger partial charge in [0, 0.05) is 38.1 Å². The van der Waals surface area contributed by atoms with Gasteiger partial charge in [0.15, 0.2) is 0 Å². The SMILES string of the molecule is C=C/C(C)=C(\C=C/C)CN1CCC(CC#N)(N/C=C(/C(N)=O)C(N)=Nc2ccnc(F)c2)CC1. The van der Waals surface area contributed by atoms with E-state index in [1.54, 1.807) is 0 Å². The van der Waals surface area contributed by atoms with E-state index in [0.717, 1.165) is 31.3 Å². The molecule has 2 rings (SSSR count). The summed E-state index contributed by atoms with van der Waals surface area (Å²) in [5.74, 6) is -1.66. The smallest absolute Gasteiger partial charge is 0.253 e. The molecule has 1 aliphatic heterocycles. The number of amidine groups is 1. The van der Waals surface area contributed by atoms with Crippen LogP contribution in [0.15, 0.2) is 71.0 Å². The Morgan fingerprint density at radius 1 is 1.44 bits per heavy atom. The molecule has 180 valence electrons. The minimum atomic E-state index is -0.783. The van der Waals surface area contributed by atoms with Crippen LogP contribution in [0.4, 0.5) is 10.1 Å². The van der Waals surface area contributed by atoms with Gasteiger partial charge >= 0.3 is 0 Å². The Bertz CT molecular complexity index is 1060. The highest BCUT2D eigenvalue weighted by molar-refractivity contribution is 6.20. The second-order valence-electron chi connectivity index (χ2n) is 8.20. The van der Waals surface area contributed by atoms with E-state index in [1.807, 2.05) is 26.0 Å². The molecule has 0 aliphatic carbocycles. The number of halogens is 1. The number of allylic oxidation sites excluding steroid dienone is 3. The maximum absolute atomic E-state index is 13.3. The third-order valence-electron chi connectivity index (χ3n) is 5.83. The number of nitriles is 1. The van der Waals surface area contributed by atoms with Crippen molar-refractivity contribution in [1.29, 1.82) is 5.26 Å². The summed E-state index contributed by atoms with van der Waals surface area (Å²) in [7, 11) is 0. The molecule has 34 heavy (non-hydrogen) atoms. The van der Waals surface area contributed by atoms with Crippen molar-refractivity contribution in [3.63, 3.8) is 0 Å². The van der Waals surface area contributed by atoms with Gasteiger partial charge in [-0.2, -0.15) is 9.65 Å². The lowest BCUT2D eigenvalue weighted by Gasteiger charge is -2.41. The average molecular weight is 466 g/mol. The van der Waals surface area contributed by atoms with E-state index < -0.39 is 17.4 Å². The highest BCUT2D eigenvalue weighted by Gasteiger charge is 2.34. The Kier molecular flexibility index (Phi) is 9.71. The number of aliphatic imine (C=N–C) groups is 1. The first-order valence-electron chi connectivity index (χ1n) is 11.0. The molecule has 0 spiro atoms. The van der Waals surface area contributed by atoms with Gasteiger partial charge in [-0.25, -0.2) is 9.98 Å². The van der Waals surface area contributed by atoms with Gasteiger partial charge in [-0.3, -0.25) is 9.69 Å². The van der Waals surface area contributed by atoms with Crippen molar-refractivity contribution < 1.29 is 9.18 Å². The fraction of sp³-hybridized carbons (Fsp3) is 0.360. The fourth-order valence-corrected chi connectivity index (χ4v) is 3.70. The van der Waals surface area contributed by atoms with Gasteiger partial charge in [-0.15, -0.1) is 0 Å². The normalized spacial score (nSPS) is 17.7. The monoisotopic (exact) mass is 465 g/mol. The van der Waals surface area contributed by atoms with Crippen LogP contribution in [0.1, 0.15) is 33.1 Å². The Morgan fingerprint density at radius 2 is 2.15 bits per heavy atom. The summed E-state index contributed by atoms with van der Waals surface area (Å²) in [5.41, 5.74) is 13.5. The first-order chi connectivity index (χ1) is 16.2. The van der Waals surface area contributed by atoms with E-state index in [9.17, 15) is 14.4 Å². The van der Waals surface area contributed by atoms with Gasteiger partial charge in [0.05, 0.1) is 29.3 Å². The lowest BCUT2D eigenvalue weighted by atomic mass is 9.84. The molecule has 0 atom stereocenters. The molecular weight excluding hydrogens is 433 g/mol. The molecule has 0 bridgehead atoms. The van der Waals surface area contributed by atoms with Gasteiger partial charge in [0.1, 0.15) is 5.84 Å². The summed E-state index contributed by atoms with van der Waals surface area (Å²) in [6.07, 6.45) is 10.2. The van der Waals surface area contributed by atoms with Crippen molar-refractivity contribution in [3.05, 3.63) is 72.0 Å². The quantitative estimate of drug-likeness (QED) is 0.160. The highest BCUT2D eigenvalue weighted by Crippen LogP contribution is 2.27. The fourth-order valence-electron chi connectivity index (χ4n) is 3.70. The highest BCUT2D eigenvalue weighted by atomic mass is 19.1. The zero-order valence-corrected chi connectivity index (χ0v) is 19.7. The van der Waals surface area contributed by atoms with E-state index in [2.05, 4.69) is 38.9 Å². The Hall–Kier alpha value is -3.77. The van der Waals surface area contributed by atoms with Crippen LogP contribution in [0.2, 0.25) is 0 Å². The van der Waals surface area contributed by atoms with Crippen LogP contribution >= 0.6 is 0 Å². The summed E-state index contributed by atoms with van der Waals surface area (Å²) in [5, 5.41) is 12.7. The molecule has 0 unspecified atom stereocenters. The van der Waals surface area contributed by atoms with Crippen molar-refractivity contribution in [3.8, 4) is 6.07 Å². The minimum Gasteiger partial charge on any atom is -0.384 e. The molecule has 0 aromatic carbocycles. The summed E-state index contributed by atoms with van der Waals surface area (Å²) < 4.78 is 13.3. The standard InChI is InChI=1S/C25H32FN7O/c1-4-6-19(18(3)5-2)17-33-13-9-25(8-11-27,10-14-33)31-16-21(24(29)34)23(28)32-20-7-12-30-22(26)15-20/h4-7,12,15-16,31H,2,8-10,13-14,17H2,1,3H3,(H2,29,34)(H2,28,30,32)/b6-4-,19-18+,21-16+. The van der Waals surface area contributed by atoms with Crippen molar-refractivity contribution >= 4 is 17.4 Å². The number of piperidine rings is 1. The summed E-state index contributed by atoms with van der Waals surface area (Å²) >= 11 is 0. The van der Waals surface area contributed by atoms with E-state index in [1.165, 1.54) is 24.0 Å². The first-order valence-corrected chi connectivity index (χ1v) is 11.0. The third-order valence-corrected chi connectivity index (χ3v) is 5.83. The molecule has 1 saturated heterocycles. The largest absolute Gasteiger partial charge is 0.384 e. The molecule has 1 aromatic rings. The summed E-state index contributed by atoms with van der Waals surface area (Å²) in [6.45, 7) is 10.2. The average Bonchev–Trinajstić information content (AvgIpc) is 2.80. The number of nitrogens with one attached hydrogen (secondary N) is 1. The third kappa shape index (κ3) is 7.39. The van der Waals surface area contributed by atoms with Crippen LogP contribution in [0, 0.1) is 17.3 Å². The van der Waals surface area contributed by atoms with Gasteiger partial charge < -0.3 is 16.8 Å². The van der Waals surface area contributed by atoms with Gasteiger partial charge in [-0.1, -0.05) is 24.8 Å². The van der Waals surface area contributed by atoms with E-state index >= 15 is 0 Å². The number of rotatable bonds is 10. The van der Waals surface area contributed by atoms with E-state index in [0.29, 0.717) is 12.8 Å². The second-order valence-corrected chi connectivity index (χ2v) is 8.20. The summed E-state index contributed by atoms with van der Waals surface area (Å²) in [4.78, 5) is 21.9. The summed E-state index contributed by atoms with van der Waals surface area (Å²) in [6, 6.07) is 4.79. The number of pyridine rings is 1. The number of carbonyl (C=O) groups excluding carboxylic acids is 1. The van der Waals surface area contributed by atoms with Crippen LogP contribution in [0.3, 0.4) is 0 Å². The van der Waals surface area contributed by atoms with Gasteiger partial charge in [-0.05, 0) is 43.9 Å². The topological polar surface area (TPSA) is 133 Å². The van der Waals surface area contributed by atoms with Gasteiger partial charge in [0.2, 0.25) is 5.95 Å². The van der Waals surface area contributed by atoms with Crippen molar-refractivity contribution in [2.45, 2.75) is 38.6 Å². The van der Waals surface area contributed by atoms with E-state index in [-0.39, 0.29) is 23.5 Å². The lowest BCUT2D eigenvalue weighted by Crippen LogP contribution is -2.52. The lowest BCUT2D eigenvalue weighted by molar-refractivity contribution is -0.114. The van der Waals surface area contributed by atoms with Gasteiger partial charge in [0.25, 0.3) is 5.91 Å². The van der Waals surface area contributed by atoms with Crippen LogP contribution in [-0.2, 0) is 4.79 Å². The predicted molar refractivity (Wildman–Crippen MR) is 132 cm³/mol. The number of primary amides is 1. The van der Waals surface area contributed by atoms with Crippen molar-refractivity contribution in [1.82, 2.24) is 15.2 Å². The molecule has 0 radical (unpaired) electrons. The number of amides is 1. The number of hydrogen-bond acceptors (Lipinski definition) is 6. The minimum absolute atomic E-state index is 0.0446. The zero-order chi connectivity index (χ0) is 25.1. The molecule has 8 nitrogen and oxygen atoms in total. The molecular formula is C25H32FN7O. The Labute approximate surface area is 200 Å². The molecule has 1 amide bonds. The predicted octanol–water partition coefficient (Wildman–Crippen LogP) is 3.00. The Morgan fingerprint density at radius 3 is 2.71 bits per heavy atom. The number of aromatic nitrogens is 1. The molecule has 9 heteroatoms.